The Kier molecular flexibility index (Phi) is 7.50. The van der Waals surface area contributed by atoms with Crippen LogP contribution in [-0.4, -0.2) is 24.8 Å². The molecule has 0 amide bonds. The minimum atomic E-state index is -0.894. The molecule has 0 radical (unpaired) electrons. The molecule has 21 heavy (non-hydrogen) atoms. The van der Waals surface area contributed by atoms with Crippen LogP contribution in [-0.2, 0) is 9.53 Å². The fourth-order valence-electron chi connectivity index (χ4n) is 1.85. The Bertz CT molecular complexity index is 508. The van der Waals surface area contributed by atoms with Crippen LogP contribution in [0.15, 0.2) is 16.6 Å². The van der Waals surface area contributed by atoms with Crippen molar-refractivity contribution in [2.24, 2.45) is 11.1 Å². The van der Waals surface area contributed by atoms with E-state index in [1.54, 1.807) is 26.0 Å². The third-order valence-electron chi connectivity index (χ3n) is 3.20. The van der Waals surface area contributed by atoms with E-state index in [0.717, 1.165) is 0 Å². The fraction of sp³-hybridized carbons (Fsp3) is 0.500. The number of phenols is 1. The molecule has 1 aromatic carbocycles. The number of aromatic hydroxyl groups is 1. The van der Waals surface area contributed by atoms with Gasteiger partial charge in [0.25, 0.3) is 0 Å². The van der Waals surface area contributed by atoms with E-state index in [4.69, 9.17) is 15.2 Å². The van der Waals surface area contributed by atoms with Crippen LogP contribution >= 0.6 is 28.3 Å². The smallest absolute Gasteiger partial charge is 0.313 e. The highest BCUT2D eigenvalue weighted by atomic mass is 79.9. The summed E-state index contributed by atoms with van der Waals surface area (Å²) in [5.74, 6) is -0.0566. The van der Waals surface area contributed by atoms with Crippen molar-refractivity contribution < 1.29 is 19.4 Å². The van der Waals surface area contributed by atoms with Crippen LogP contribution in [0.3, 0.4) is 0 Å². The number of halogens is 2. The quantitative estimate of drug-likeness (QED) is 0.764. The summed E-state index contributed by atoms with van der Waals surface area (Å²) in [4.78, 5) is 11.8. The Hall–Kier alpha value is -0.980. The number of carbonyl (C=O) groups is 1. The van der Waals surface area contributed by atoms with Crippen molar-refractivity contribution in [3.05, 3.63) is 22.2 Å². The van der Waals surface area contributed by atoms with Crippen LogP contribution in [0.5, 0.6) is 11.5 Å². The molecule has 0 aliphatic carbocycles. The third-order valence-corrected chi connectivity index (χ3v) is 3.80. The summed E-state index contributed by atoms with van der Waals surface area (Å²) >= 11 is 3.25. The summed E-state index contributed by atoms with van der Waals surface area (Å²) in [5, 5.41) is 9.89. The first-order valence-electron chi connectivity index (χ1n) is 6.24. The van der Waals surface area contributed by atoms with Gasteiger partial charge in [-0.25, -0.2) is 0 Å². The number of nitrogens with two attached hydrogens (primary N) is 1. The molecule has 3 N–H and O–H groups in total. The summed E-state index contributed by atoms with van der Waals surface area (Å²) in [5.41, 5.74) is 5.95. The van der Waals surface area contributed by atoms with E-state index in [-0.39, 0.29) is 18.2 Å². The first kappa shape index (κ1) is 20.0. The van der Waals surface area contributed by atoms with Gasteiger partial charge in [-0.05, 0) is 54.4 Å². The monoisotopic (exact) mass is 381 g/mol. The van der Waals surface area contributed by atoms with Gasteiger partial charge < -0.3 is 20.3 Å². The zero-order valence-electron chi connectivity index (χ0n) is 12.5. The number of carbonyl (C=O) groups excluding carboxylic acids is 1. The van der Waals surface area contributed by atoms with Crippen molar-refractivity contribution in [1.82, 2.24) is 0 Å². The number of benzene rings is 1. The third kappa shape index (κ3) is 4.25. The second-order valence-electron chi connectivity index (χ2n) is 4.97. The van der Waals surface area contributed by atoms with Crippen LogP contribution < -0.4 is 10.5 Å². The molecule has 5 nitrogen and oxygen atoms in total. The van der Waals surface area contributed by atoms with Crippen molar-refractivity contribution >= 4 is 34.3 Å². The largest absolute Gasteiger partial charge is 0.503 e. The van der Waals surface area contributed by atoms with E-state index < -0.39 is 17.4 Å². The van der Waals surface area contributed by atoms with Crippen LogP contribution in [0.25, 0.3) is 0 Å². The highest BCUT2D eigenvalue weighted by Crippen LogP contribution is 2.40. The van der Waals surface area contributed by atoms with Crippen LogP contribution in [0.1, 0.15) is 32.4 Å². The van der Waals surface area contributed by atoms with E-state index in [9.17, 15) is 9.90 Å². The topological polar surface area (TPSA) is 81.8 Å². The number of rotatable bonds is 5. The molecule has 0 aliphatic heterocycles. The molecule has 0 saturated heterocycles. The van der Waals surface area contributed by atoms with Crippen molar-refractivity contribution in [3.63, 3.8) is 0 Å². The Morgan fingerprint density at radius 2 is 2.05 bits per heavy atom. The predicted molar refractivity (Wildman–Crippen MR) is 86.9 cm³/mol. The van der Waals surface area contributed by atoms with Gasteiger partial charge in [0.2, 0.25) is 0 Å². The molecule has 0 unspecified atom stereocenters. The Balaban J connectivity index is 0.00000400. The molecule has 1 rings (SSSR count). The molecule has 0 saturated carbocycles. The van der Waals surface area contributed by atoms with Gasteiger partial charge in [-0.3, -0.25) is 4.79 Å². The number of esters is 1. The molecular weight excluding hydrogens is 362 g/mol. The van der Waals surface area contributed by atoms with Crippen molar-refractivity contribution in [3.8, 4) is 11.5 Å². The average Bonchev–Trinajstić information content (AvgIpc) is 2.41. The van der Waals surface area contributed by atoms with E-state index in [1.165, 1.54) is 7.11 Å². The van der Waals surface area contributed by atoms with Gasteiger partial charge in [0, 0.05) is 6.04 Å². The lowest BCUT2D eigenvalue weighted by atomic mass is 9.81. The van der Waals surface area contributed by atoms with Gasteiger partial charge >= 0.3 is 5.97 Å². The molecule has 0 heterocycles. The Morgan fingerprint density at radius 3 is 2.52 bits per heavy atom. The summed E-state index contributed by atoms with van der Waals surface area (Å²) in [7, 11) is 1.33. The van der Waals surface area contributed by atoms with E-state index in [0.29, 0.717) is 22.4 Å². The van der Waals surface area contributed by atoms with Crippen LogP contribution in [0.4, 0.5) is 0 Å². The average molecular weight is 383 g/mol. The van der Waals surface area contributed by atoms with Gasteiger partial charge in [0.15, 0.2) is 11.5 Å². The highest BCUT2D eigenvalue weighted by molar-refractivity contribution is 9.10. The minimum absolute atomic E-state index is 0. The molecule has 7 heteroatoms. The van der Waals surface area contributed by atoms with Gasteiger partial charge in [-0.2, -0.15) is 0 Å². The Morgan fingerprint density at radius 1 is 1.48 bits per heavy atom. The molecule has 0 fully saturated rings. The number of hydrogen-bond acceptors (Lipinski definition) is 5. The molecule has 120 valence electrons. The molecular formula is C14H21BrClNO4. The summed E-state index contributed by atoms with van der Waals surface area (Å²) in [6, 6.07) is 2.72. The highest BCUT2D eigenvalue weighted by Gasteiger charge is 2.37. The van der Waals surface area contributed by atoms with E-state index in [2.05, 4.69) is 15.9 Å². The maximum atomic E-state index is 11.8. The SMILES string of the molecule is CCOc1cc([C@@H](N)C(C)(C)C(=O)OC)cc(Br)c1O.Cl. The molecule has 0 aromatic heterocycles. The molecule has 1 atom stereocenters. The van der Waals surface area contributed by atoms with Gasteiger partial charge in [-0.15, -0.1) is 12.4 Å². The number of ether oxygens (including phenoxy) is 2. The van der Waals surface area contributed by atoms with Gasteiger partial charge in [-0.1, -0.05) is 0 Å². The first-order chi connectivity index (χ1) is 9.25. The first-order valence-corrected chi connectivity index (χ1v) is 7.04. The van der Waals surface area contributed by atoms with E-state index >= 15 is 0 Å². The lowest BCUT2D eigenvalue weighted by Crippen LogP contribution is -2.37. The summed E-state index contributed by atoms with van der Waals surface area (Å²) in [6.45, 7) is 5.66. The number of phenolic OH excluding ortho intramolecular Hbond substituents is 1. The van der Waals surface area contributed by atoms with Crippen molar-refractivity contribution in [1.29, 1.82) is 0 Å². The summed E-state index contributed by atoms with van der Waals surface area (Å²) in [6.07, 6.45) is 0. The molecule has 0 bridgehead atoms. The lowest BCUT2D eigenvalue weighted by molar-refractivity contribution is -0.152. The zero-order valence-corrected chi connectivity index (χ0v) is 14.9. The molecule has 0 spiro atoms. The minimum Gasteiger partial charge on any atom is -0.503 e. The summed E-state index contributed by atoms with van der Waals surface area (Å²) < 4.78 is 10.6. The number of methoxy groups -OCH3 is 1. The van der Waals surface area contributed by atoms with E-state index in [1.807, 2.05) is 6.92 Å². The maximum Gasteiger partial charge on any atom is 0.313 e. The molecule has 1 aromatic rings. The fourth-order valence-corrected chi connectivity index (χ4v) is 2.31. The zero-order chi connectivity index (χ0) is 15.5. The molecule has 0 aliphatic rings. The Labute approximate surface area is 139 Å². The van der Waals surface area contributed by atoms with Crippen molar-refractivity contribution in [2.75, 3.05) is 13.7 Å². The van der Waals surface area contributed by atoms with Crippen LogP contribution in [0, 0.1) is 5.41 Å². The lowest BCUT2D eigenvalue weighted by Gasteiger charge is -2.29. The number of hydrogen-bond donors (Lipinski definition) is 2. The normalized spacial score (nSPS) is 12.3. The van der Waals surface area contributed by atoms with Crippen molar-refractivity contribution in [2.45, 2.75) is 26.8 Å². The second-order valence-corrected chi connectivity index (χ2v) is 5.83. The van der Waals surface area contributed by atoms with Crippen LogP contribution in [0.2, 0.25) is 0 Å². The maximum absolute atomic E-state index is 11.8. The predicted octanol–water partition coefficient (Wildman–Crippen LogP) is 3.17. The van der Waals surface area contributed by atoms with Gasteiger partial charge in [0.1, 0.15) is 0 Å². The standard InChI is InChI=1S/C14H20BrNO4.ClH/c1-5-20-10-7-8(6-9(15)11(10)17)12(16)14(2,3)13(18)19-4;/h6-7,12,17H,5,16H2,1-4H3;1H/t12-;/m1./s1. The second kappa shape index (κ2) is 7.87. The van der Waals surface area contributed by atoms with Gasteiger partial charge in [0.05, 0.1) is 23.6 Å².